The van der Waals surface area contributed by atoms with Crippen molar-refractivity contribution in [3.8, 4) is 0 Å². The fourth-order valence-electron chi connectivity index (χ4n) is 5.86. The van der Waals surface area contributed by atoms with Crippen molar-refractivity contribution in [2.45, 2.75) is 63.2 Å². The Kier molecular flexibility index (Phi) is 3.79. The number of hydrogen-bond acceptors (Lipinski definition) is 1. The predicted molar refractivity (Wildman–Crippen MR) is 88.6 cm³/mol. The van der Waals surface area contributed by atoms with Gasteiger partial charge in [0.1, 0.15) is 0 Å². The molecule has 1 heterocycles. The first kappa shape index (κ1) is 13.8. The zero-order valence-corrected chi connectivity index (χ0v) is 13.2. The quantitative estimate of drug-likeness (QED) is 0.845. The van der Waals surface area contributed by atoms with Crippen molar-refractivity contribution in [3.05, 3.63) is 35.4 Å². The molecule has 1 aliphatic heterocycles. The van der Waals surface area contributed by atoms with Crippen molar-refractivity contribution in [1.29, 1.82) is 0 Å². The lowest BCUT2D eigenvalue weighted by Gasteiger charge is -2.51. The molecule has 21 heavy (non-hydrogen) atoms. The van der Waals surface area contributed by atoms with Crippen molar-refractivity contribution in [2.24, 2.45) is 11.8 Å². The van der Waals surface area contributed by atoms with Gasteiger partial charge in [0.05, 0.1) is 0 Å². The Morgan fingerprint density at radius 3 is 2.38 bits per heavy atom. The van der Waals surface area contributed by atoms with Crippen LogP contribution in [0.1, 0.15) is 62.5 Å². The molecule has 1 nitrogen and oxygen atoms in total. The minimum absolute atomic E-state index is 0.521. The van der Waals surface area contributed by atoms with Crippen LogP contribution in [0.3, 0.4) is 0 Å². The van der Waals surface area contributed by atoms with Crippen molar-refractivity contribution >= 4 is 0 Å². The molecule has 1 saturated carbocycles. The van der Waals surface area contributed by atoms with Gasteiger partial charge in [-0.05, 0) is 81.0 Å². The van der Waals surface area contributed by atoms with E-state index in [1.54, 1.807) is 11.1 Å². The Balaban J connectivity index is 1.80. The molecular weight excluding hydrogens is 254 g/mol. The molecule has 0 bridgehead atoms. The largest absolute Gasteiger partial charge is 0.317 e. The highest BCUT2D eigenvalue weighted by atomic mass is 14.9. The SMILES string of the molecule is c1ccc2c(c1)CCCC2(C1CCCC1)C1CCNCC1. The van der Waals surface area contributed by atoms with Crippen LogP contribution in [0.4, 0.5) is 0 Å². The van der Waals surface area contributed by atoms with Gasteiger partial charge >= 0.3 is 0 Å². The van der Waals surface area contributed by atoms with E-state index in [0.717, 1.165) is 11.8 Å². The Bertz CT molecular complexity index is 482. The van der Waals surface area contributed by atoms with Crippen LogP contribution in [0.25, 0.3) is 0 Å². The van der Waals surface area contributed by atoms with Gasteiger partial charge in [-0.2, -0.15) is 0 Å². The normalized spacial score (nSPS) is 31.2. The van der Waals surface area contributed by atoms with Crippen LogP contribution in [0, 0.1) is 11.8 Å². The molecule has 2 aliphatic carbocycles. The molecule has 0 spiro atoms. The van der Waals surface area contributed by atoms with Crippen LogP contribution in [-0.2, 0) is 11.8 Å². The van der Waals surface area contributed by atoms with Gasteiger partial charge in [-0.1, -0.05) is 37.1 Å². The van der Waals surface area contributed by atoms with Crippen LogP contribution in [0.2, 0.25) is 0 Å². The third kappa shape index (κ3) is 2.25. The first-order valence-electron chi connectivity index (χ1n) is 9.20. The summed E-state index contributed by atoms with van der Waals surface area (Å²) >= 11 is 0. The zero-order valence-electron chi connectivity index (χ0n) is 13.2. The molecule has 0 amide bonds. The molecule has 2 fully saturated rings. The summed E-state index contributed by atoms with van der Waals surface area (Å²) in [6, 6.07) is 9.47. The fourth-order valence-corrected chi connectivity index (χ4v) is 5.86. The van der Waals surface area contributed by atoms with Gasteiger partial charge in [-0.3, -0.25) is 0 Å². The molecule has 1 aromatic rings. The van der Waals surface area contributed by atoms with E-state index in [0.29, 0.717) is 5.41 Å². The highest BCUT2D eigenvalue weighted by molar-refractivity contribution is 5.39. The second-order valence-electron chi connectivity index (χ2n) is 7.56. The molecule has 4 rings (SSSR count). The molecule has 114 valence electrons. The summed E-state index contributed by atoms with van der Waals surface area (Å²) in [5.74, 6) is 1.88. The van der Waals surface area contributed by atoms with Crippen molar-refractivity contribution in [1.82, 2.24) is 5.32 Å². The molecule has 1 N–H and O–H groups in total. The van der Waals surface area contributed by atoms with Gasteiger partial charge in [0.2, 0.25) is 0 Å². The topological polar surface area (TPSA) is 12.0 Å². The van der Waals surface area contributed by atoms with E-state index in [1.165, 1.54) is 70.9 Å². The minimum Gasteiger partial charge on any atom is -0.317 e. The highest BCUT2D eigenvalue weighted by Gasteiger charge is 2.48. The molecule has 1 aromatic carbocycles. The molecule has 0 aromatic heterocycles. The van der Waals surface area contributed by atoms with Crippen molar-refractivity contribution in [3.63, 3.8) is 0 Å². The molecule has 1 unspecified atom stereocenters. The standard InChI is InChI=1S/C20H29N/c1-4-10-19-16(6-1)7-5-13-20(19,17-8-2-3-9-17)18-11-14-21-15-12-18/h1,4,6,10,17-18,21H,2-3,5,7-9,11-15H2. The summed E-state index contributed by atoms with van der Waals surface area (Å²) in [6.45, 7) is 2.47. The van der Waals surface area contributed by atoms with Gasteiger partial charge in [0.25, 0.3) is 0 Å². The average molecular weight is 283 g/mol. The first-order valence-corrected chi connectivity index (χ1v) is 9.20. The molecule has 1 heteroatoms. The Morgan fingerprint density at radius 2 is 1.57 bits per heavy atom. The maximum Gasteiger partial charge on any atom is 0.00132 e. The van der Waals surface area contributed by atoms with Crippen LogP contribution in [-0.4, -0.2) is 13.1 Å². The number of hydrogen-bond donors (Lipinski definition) is 1. The van der Waals surface area contributed by atoms with Crippen molar-refractivity contribution in [2.75, 3.05) is 13.1 Å². The maximum atomic E-state index is 3.59. The Morgan fingerprint density at radius 1 is 0.857 bits per heavy atom. The maximum absolute atomic E-state index is 3.59. The first-order chi connectivity index (χ1) is 10.4. The van der Waals surface area contributed by atoms with Crippen LogP contribution >= 0.6 is 0 Å². The summed E-state index contributed by atoms with van der Waals surface area (Å²) in [5.41, 5.74) is 3.96. The average Bonchev–Trinajstić information content (AvgIpc) is 3.10. The van der Waals surface area contributed by atoms with Gasteiger partial charge in [0.15, 0.2) is 0 Å². The number of aryl methyl sites for hydroxylation is 1. The van der Waals surface area contributed by atoms with Gasteiger partial charge in [0, 0.05) is 5.41 Å². The van der Waals surface area contributed by atoms with E-state index in [4.69, 9.17) is 0 Å². The number of rotatable bonds is 2. The predicted octanol–water partition coefficient (Wildman–Crippen LogP) is 4.45. The monoisotopic (exact) mass is 283 g/mol. The van der Waals surface area contributed by atoms with Crippen LogP contribution in [0.15, 0.2) is 24.3 Å². The van der Waals surface area contributed by atoms with Gasteiger partial charge in [-0.15, -0.1) is 0 Å². The number of benzene rings is 1. The lowest BCUT2D eigenvalue weighted by molar-refractivity contribution is 0.113. The third-order valence-corrected chi connectivity index (χ3v) is 6.71. The smallest absolute Gasteiger partial charge is 0.00132 e. The molecule has 1 saturated heterocycles. The summed E-state index contributed by atoms with van der Waals surface area (Å²) < 4.78 is 0. The van der Waals surface area contributed by atoms with E-state index in [2.05, 4.69) is 29.6 Å². The van der Waals surface area contributed by atoms with Crippen molar-refractivity contribution < 1.29 is 0 Å². The van der Waals surface area contributed by atoms with Gasteiger partial charge < -0.3 is 5.32 Å². The number of fused-ring (bicyclic) bond motifs is 1. The fraction of sp³-hybridized carbons (Fsp3) is 0.700. The number of nitrogens with one attached hydrogen (secondary N) is 1. The van der Waals surface area contributed by atoms with E-state index in [9.17, 15) is 0 Å². The Labute approximate surface area is 129 Å². The van der Waals surface area contributed by atoms with Crippen LogP contribution in [0.5, 0.6) is 0 Å². The van der Waals surface area contributed by atoms with E-state index in [-0.39, 0.29) is 0 Å². The summed E-state index contributed by atoms with van der Waals surface area (Å²) in [5, 5.41) is 3.59. The summed E-state index contributed by atoms with van der Waals surface area (Å²) in [4.78, 5) is 0. The molecule has 0 radical (unpaired) electrons. The third-order valence-electron chi connectivity index (χ3n) is 6.71. The lowest BCUT2D eigenvalue weighted by atomic mass is 9.54. The second kappa shape index (κ2) is 5.76. The summed E-state index contributed by atoms with van der Waals surface area (Å²) in [6.07, 6.45) is 12.9. The van der Waals surface area contributed by atoms with Gasteiger partial charge in [-0.25, -0.2) is 0 Å². The zero-order chi connectivity index (χ0) is 14.1. The van der Waals surface area contributed by atoms with E-state index >= 15 is 0 Å². The van der Waals surface area contributed by atoms with E-state index < -0.39 is 0 Å². The summed E-state index contributed by atoms with van der Waals surface area (Å²) in [7, 11) is 0. The van der Waals surface area contributed by atoms with Crippen LogP contribution < -0.4 is 5.32 Å². The highest BCUT2D eigenvalue weighted by Crippen LogP contribution is 2.55. The number of piperidine rings is 1. The Hall–Kier alpha value is -0.820. The molecule has 3 aliphatic rings. The van der Waals surface area contributed by atoms with E-state index in [1.807, 2.05) is 0 Å². The second-order valence-corrected chi connectivity index (χ2v) is 7.56. The molecular formula is C20H29N. The minimum atomic E-state index is 0.521. The lowest BCUT2D eigenvalue weighted by Crippen LogP contribution is -2.48. The molecule has 1 atom stereocenters.